The molecule has 3 N–H and O–H groups in total. The Balaban J connectivity index is 1.97. The summed E-state index contributed by atoms with van der Waals surface area (Å²) in [5, 5.41) is 13.6. The lowest BCUT2D eigenvalue weighted by molar-refractivity contribution is -0.692. The third-order valence-corrected chi connectivity index (χ3v) is 3.81. The third-order valence-electron chi connectivity index (χ3n) is 3.81. The van der Waals surface area contributed by atoms with E-state index in [2.05, 4.69) is 19.2 Å². The Bertz CT molecular complexity index is 735. The zero-order valence-electron chi connectivity index (χ0n) is 13.8. The van der Waals surface area contributed by atoms with Crippen LogP contribution in [0.5, 0.6) is 0 Å². The van der Waals surface area contributed by atoms with E-state index in [9.17, 15) is 9.18 Å². The highest BCUT2D eigenvalue weighted by molar-refractivity contribution is 5.91. The highest BCUT2D eigenvalue weighted by atomic mass is 19.1. The summed E-state index contributed by atoms with van der Waals surface area (Å²) in [5.74, 6) is -0.112. The molecule has 0 heterocycles. The van der Waals surface area contributed by atoms with Crippen molar-refractivity contribution < 1.29 is 14.5 Å². The van der Waals surface area contributed by atoms with Crippen molar-refractivity contribution >= 4 is 11.6 Å². The second-order valence-corrected chi connectivity index (χ2v) is 6.00. The zero-order chi connectivity index (χ0) is 17.5. The molecule has 24 heavy (non-hydrogen) atoms. The van der Waals surface area contributed by atoms with E-state index >= 15 is 0 Å². The Morgan fingerprint density at radius 3 is 2.58 bits per heavy atom. The summed E-state index contributed by atoms with van der Waals surface area (Å²) in [6, 6.07) is 15.3. The molecule has 0 fully saturated rings. The van der Waals surface area contributed by atoms with Crippen molar-refractivity contribution in [3.05, 3.63) is 65.5 Å². The van der Waals surface area contributed by atoms with Gasteiger partial charge in [-0.2, -0.15) is 5.26 Å². The predicted octanol–water partition coefficient (Wildman–Crippen LogP) is 2.60. The molecule has 0 radical (unpaired) electrons. The van der Waals surface area contributed by atoms with Gasteiger partial charge in [0.2, 0.25) is 0 Å². The zero-order valence-corrected chi connectivity index (χ0v) is 13.8. The van der Waals surface area contributed by atoms with Crippen LogP contribution in [0.25, 0.3) is 0 Å². The second-order valence-electron chi connectivity index (χ2n) is 6.00. The van der Waals surface area contributed by atoms with Gasteiger partial charge in [-0.05, 0) is 30.3 Å². The molecule has 5 heteroatoms. The maximum absolute atomic E-state index is 13.1. The van der Waals surface area contributed by atoms with Crippen LogP contribution in [0.3, 0.4) is 0 Å². The number of amides is 1. The van der Waals surface area contributed by atoms with E-state index in [1.54, 1.807) is 36.4 Å². The summed E-state index contributed by atoms with van der Waals surface area (Å²) in [4.78, 5) is 12.1. The predicted molar refractivity (Wildman–Crippen MR) is 90.6 cm³/mol. The Kier molecular flexibility index (Phi) is 6.05. The first kappa shape index (κ1) is 17.6. The number of nitriles is 1. The third kappa shape index (κ3) is 4.90. The Labute approximate surface area is 141 Å². The van der Waals surface area contributed by atoms with E-state index in [1.165, 1.54) is 12.1 Å². The number of carbonyl (C=O) groups excluding carboxylic acids is 1. The molecule has 0 aliphatic carbocycles. The molecule has 1 amide bonds. The standard InChI is InChI=1S/C19H20FN3O/c1-13(2)19(15-6-8-16(20)9-7-15)22-12-18(24)23-17-5-3-4-14(10-17)11-21/h3-10,13,19,22H,12H2,1-2H3,(H,23,24)/p+1/t19-/m1/s1. The molecule has 0 unspecified atom stereocenters. The average molecular weight is 326 g/mol. The molecular weight excluding hydrogens is 305 g/mol. The number of rotatable bonds is 6. The van der Waals surface area contributed by atoms with Gasteiger partial charge in [0.1, 0.15) is 11.9 Å². The lowest BCUT2D eigenvalue weighted by Crippen LogP contribution is -2.88. The van der Waals surface area contributed by atoms with Crippen molar-refractivity contribution in [1.29, 1.82) is 5.26 Å². The lowest BCUT2D eigenvalue weighted by atomic mass is 9.96. The van der Waals surface area contributed by atoms with E-state index in [-0.39, 0.29) is 24.3 Å². The SMILES string of the molecule is CC(C)[C@@H]([NH2+]CC(=O)Nc1cccc(C#N)c1)c1ccc(F)cc1. The maximum atomic E-state index is 13.1. The van der Waals surface area contributed by atoms with Gasteiger partial charge >= 0.3 is 0 Å². The molecule has 2 rings (SSSR count). The number of quaternary nitrogens is 1. The van der Waals surface area contributed by atoms with Gasteiger partial charge in [-0.15, -0.1) is 0 Å². The Morgan fingerprint density at radius 1 is 1.25 bits per heavy atom. The number of anilines is 1. The molecule has 0 spiro atoms. The van der Waals surface area contributed by atoms with Gasteiger partial charge in [-0.25, -0.2) is 4.39 Å². The molecular formula is C19H21FN3O+. The fraction of sp³-hybridized carbons (Fsp3) is 0.263. The molecule has 0 bridgehead atoms. The maximum Gasteiger partial charge on any atom is 0.279 e. The first-order valence-electron chi connectivity index (χ1n) is 7.88. The Hall–Kier alpha value is -2.71. The van der Waals surface area contributed by atoms with Gasteiger partial charge in [0.05, 0.1) is 11.6 Å². The first-order valence-corrected chi connectivity index (χ1v) is 7.88. The number of halogens is 1. The van der Waals surface area contributed by atoms with Crippen LogP contribution in [0, 0.1) is 23.1 Å². The average Bonchev–Trinajstić information content (AvgIpc) is 2.56. The summed E-state index contributed by atoms with van der Waals surface area (Å²) < 4.78 is 13.1. The van der Waals surface area contributed by atoms with Crippen molar-refractivity contribution in [2.24, 2.45) is 5.92 Å². The molecule has 2 aromatic carbocycles. The van der Waals surface area contributed by atoms with Gasteiger partial charge < -0.3 is 10.6 Å². The monoisotopic (exact) mass is 326 g/mol. The fourth-order valence-corrected chi connectivity index (χ4v) is 2.59. The van der Waals surface area contributed by atoms with E-state index in [1.807, 2.05) is 11.4 Å². The topological polar surface area (TPSA) is 69.5 Å². The molecule has 4 nitrogen and oxygen atoms in total. The number of nitrogens with zero attached hydrogens (tertiary/aromatic N) is 1. The minimum absolute atomic E-state index is 0.0711. The number of hydrogen-bond donors (Lipinski definition) is 2. The van der Waals surface area contributed by atoms with Crippen molar-refractivity contribution in [3.8, 4) is 6.07 Å². The summed E-state index contributed by atoms with van der Waals surface area (Å²) >= 11 is 0. The molecule has 0 saturated carbocycles. The van der Waals surface area contributed by atoms with Crippen LogP contribution in [-0.4, -0.2) is 12.5 Å². The molecule has 0 saturated heterocycles. The van der Waals surface area contributed by atoms with Gasteiger partial charge in [-0.1, -0.05) is 32.0 Å². The van der Waals surface area contributed by atoms with Crippen LogP contribution < -0.4 is 10.6 Å². The molecule has 0 aliphatic heterocycles. The van der Waals surface area contributed by atoms with Crippen LogP contribution in [0.15, 0.2) is 48.5 Å². The van der Waals surface area contributed by atoms with Crippen LogP contribution in [-0.2, 0) is 4.79 Å². The molecule has 0 aromatic heterocycles. The van der Waals surface area contributed by atoms with Crippen molar-refractivity contribution in [1.82, 2.24) is 0 Å². The van der Waals surface area contributed by atoms with Crippen LogP contribution in [0.4, 0.5) is 10.1 Å². The smallest absolute Gasteiger partial charge is 0.279 e. The van der Waals surface area contributed by atoms with E-state index < -0.39 is 0 Å². The van der Waals surface area contributed by atoms with Gasteiger partial charge in [0.25, 0.3) is 5.91 Å². The van der Waals surface area contributed by atoms with Gasteiger partial charge in [0.15, 0.2) is 6.54 Å². The number of benzene rings is 2. The molecule has 2 aromatic rings. The Morgan fingerprint density at radius 2 is 1.96 bits per heavy atom. The number of hydrogen-bond acceptors (Lipinski definition) is 2. The highest BCUT2D eigenvalue weighted by Crippen LogP contribution is 2.17. The summed E-state index contributed by atoms with van der Waals surface area (Å²) in [7, 11) is 0. The van der Waals surface area contributed by atoms with Crippen molar-refractivity contribution in [2.75, 3.05) is 11.9 Å². The normalized spacial score (nSPS) is 11.8. The summed E-state index contributed by atoms with van der Waals surface area (Å²) in [6.45, 7) is 4.38. The van der Waals surface area contributed by atoms with Gasteiger partial charge in [0, 0.05) is 17.2 Å². The molecule has 124 valence electrons. The molecule has 1 atom stereocenters. The van der Waals surface area contributed by atoms with E-state index in [4.69, 9.17) is 5.26 Å². The van der Waals surface area contributed by atoms with Crippen molar-refractivity contribution in [3.63, 3.8) is 0 Å². The quantitative estimate of drug-likeness (QED) is 0.856. The second kappa shape index (κ2) is 8.23. The molecule has 0 aliphatic rings. The minimum atomic E-state index is -0.267. The number of nitrogens with two attached hydrogens (primary N) is 1. The van der Waals surface area contributed by atoms with Crippen molar-refractivity contribution in [2.45, 2.75) is 19.9 Å². The van der Waals surface area contributed by atoms with E-state index in [0.29, 0.717) is 17.2 Å². The van der Waals surface area contributed by atoms with Crippen LogP contribution in [0.1, 0.15) is 31.0 Å². The minimum Gasteiger partial charge on any atom is -0.332 e. The first-order chi connectivity index (χ1) is 11.5. The van der Waals surface area contributed by atoms with Crippen LogP contribution >= 0.6 is 0 Å². The van der Waals surface area contributed by atoms with E-state index in [0.717, 1.165) is 5.56 Å². The fourth-order valence-electron chi connectivity index (χ4n) is 2.59. The lowest BCUT2D eigenvalue weighted by Gasteiger charge is -2.19. The van der Waals surface area contributed by atoms with Crippen LogP contribution in [0.2, 0.25) is 0 Å². The largest absolute Gasteiger partial charge is 0.332 e. The number of carbonyl (C=O) groups is 1. The summed E-state index contributed by atoms with van der Waals surface area (Å²) in [6.07, 6.45) is 0. The van der Waals surface area contributed by atoms with Gasteiger partial charge in [-0.3, -0.25) is 4.79 Å². The number of nitrogens with one attached hydrogen (secondary N) is 1. The summed E-state index contributed by atoms with van der Waals surface area (Å²) in [5.41, 5.74) is 2.10. The highest BCUT2D eigenvalue weighted by Gasteiger charge is 2.20.